The summed E-state index contributed by atoms with van der Waals surface area (Å²) in [6.45, 7) is 2.27. The molecule has 2 N–H and O–H groups in total. The van der Waals surface area contributed by atoms with E-state index in [2.05, 4.69) is 64.7 Å². The van der Waals surface area contributed by atoms with Crippen LogP contribution in [-0.2, 0) is 32.2 Å². The Labute approximate surface area is 153 Å². The SMILES string of the molecule is C[C@@H](N[C](=[W])C1CCc2nc[nH]c2C1)c1cccc2ccccc12. The zero-order valence-corrected chi connectivity index (χ0v) is 16.7. The van der Waals surface area contributed by atoms with Crippen LogP contribution in [0.4, 0.5) is 0 Å². The van der Waals surface area contributed by atoms with E-state index in [1.54, 1.807) is 19.4 Å². The van der Waals surface area contributed by atoms with Gasteiger partial charge in [-0.3, -0.25) is 0 Å². The summed E-state index contributed by atoms with van der Waals surface area (Å²) in [5, 5.41) is 6.46. The monoisotopic (exact) mass is 487 g/mol. The molecule has 0 saturated carbocycles. The van der Waals surface area contributed by atoms with Gasteiger partial charge in [-0.1, -0.05) is 0 Å². The van der Waals surface area contributed by atoms with Crippen molar-refractivity contribution in [1.29, 1.82) is 0 Å². The third-order valence-corrected chi connectivity index (χ3v) is 6.63. The Hall–Kier alpha value is -1.57. The van der Waals surface area contributed by atoms with E-state index in [9.17, 15) is 0 Å². The van der Waals surface area contributed by atoms with E-state index < -0.39 is 0 Å². The molecular weight excluding hydrogens is 466 g/mol. The molecule has 1 unspecified atom stereocenters. The molecule has 24 heavy (non-hydrogen) atoms. The second-order valence-corrected chi connectivity index (χ2v) is 8.15. The predicted molar refractivity (Wildman–Crippen MR) is 94.6 cm³/mol. The quantitative estimate of drug-likeness (QED) is 0.590. The third-order valence-electron chi connectivity index (χ3n) is 5.01. The third kappa shape index (κ3) is 3.03. The Kier molecular flexibility index (Phi) is 4.47. The Bertz CT molecular complexity index is 878. The number of nitrogens with one attached hydrogen (secondary N) is 2. The molecule has 0 fully saturated rings. The number of benzene rings is 2. The van der Waals surface area contributed by atoms with Gasteiger partial charge >= 0.3 is 153 Å². The van der Waals surface area contributed by atoms with E-state index in [4.69, 9.17) is 0 Å². The van der Waals surface area contributed by atoms with Gasteiger partial charge in [0.05, 0.1) is 0 Å². The molecule has 3 nitrogen and oxygen atoms in total. The van der Waals surface area contributed by atoms with Crippen LogP contribution in [0.1, 0.15) is 36.3 Å². The first-order valence-corrected chi connectivity index (χ1v) is 9.98. The summed E-state index contributed by atoms with van der Waals surface area (Å²) in [5.74, 6) is 0.616. The molecule has 4 rings (SSSR count). The minimum atomic E-state index is 0.326. The van der Waals surface area contributed by atoms with E-state index >= 15 is 0 Å². The Balaban J connectivity index is 1.51. The molecule has 2 atom stereocenters. The van der Waals surface area contributed by atoms with Crippen LogP contribution in [0.5, 0.6) is 0 Å². The molecular formula is C20H21N3W. The first-order valence-electron chi connectivity index (χ1n) is 8.51. The van der Waals surface area contributed by atoms with Crippen LogP contribution < -0.4 is 5.32 Å². The number of imidazole rings is 1. The molecule has 4 heteroatoms. The molecule has 3 aromatic rings. The van der Waals surface area contributed by atoms with Crippen molar-refractivity contribution in [3.63, 3.8) is 0 Å². The summed E-state index contributed by atoms with van der Waals surface area (Å²) in [5.41, 5.74) is 3.96. The molecule has 0 aliphatic heterocycles. The number of hydrogen-bond acceptors (Lipinski definition) is 2. The van der Waals surface area contributed by atoms with Gasteiger partial charge in [0.1, 0.15) is 0 Å². The van der Waals surface area contributed by atoms with Crippen molar-refractivity contribution in [1.82, 2.24) is 15.3 Å². The average molecular weight is 487 g/mol. The Morgan fingerprint density at radius 1 is 1.25 bits per heavy atom. The standard InChI is InChI=1S/C20H21N3.W/c1-14(17-8-4-6-16-5-2-3-7-18(16)17)21-12-15-9-10-19-20(11-15)23-13-22-19;/h2-8,13-15,21H,9-11H2,1H3,(H,22,23);/t14-,15?;/m1./s1. The van der Waals surface area contributed by atoms with Crippen LogP contribution in [-0.4, -0.2) is 14.0 Å². The molecule has 0 spiro atoms. The molecule has 0 saturated heterocycles. The summed E-state index contributed by atoms with van der Waals surface area (Å²) in [4.78, 5) is 7.72. The van der Waals surface area contributed by atoms with Gasteiger partial charge in [0.15, 0.2) is 0 Å². The second-order valence-electron chi connectivity index (χ2n) is 6.57. The van der Waals surface area contributed by atoms with Crippen molar-refractivity contribution in [2.24, 2.45) is 5.92 Å². The van der Waals surface area contributed by atoms with Gasteiger partial charge in [-0.05, 0) is 0 Å². The Morgan fingerprint density at radius 2 is 2.08 bits per heavy atom. The number of nitrogens with zero attached hydrogens (tertiary/aromatic N) is 1. The van der Waals surface area contributed by atoms with Crippen LogP contribution >= 0.6 is 0 Å². The molecule has 122 valence electrons. The van der Waals surface area contributed by atoms with Crippen LogP contribution in [0.25, 0.3) is 10.8 Å². The van der Waals surface area contributed by atoms with Crippen LogP contribution in [0.2, 0.25) is 0 Å². The summed E-state index contributed by atoms with van der Waals surface area (Å²) in [6, 6.07) is 15.6. The minimum absolute atomic E-state index is 0.326. The summed E-state index contributed by atoms with van der Waals surface area (Å²) in [6.07, 6.45) is 5.21. The van der Waals surface area contributed by atoms with Gasteiger partial charge in [-0.2, -0.15) is 0 Å². The zero-order valence-electron chi connectivity index (χ0n) is 13.8. The van der Waals surface area contributed by atoms with Crippen molar-refractivity contribution in [2.75, 3.05) is 0 Å². The summed E-state index contributed by atoms with van der Waals surface area (Å²) >= 11 is 1.55. The fraction of sp³-hybridized carbons (Fsp3) is 0.300. The molecule has 1 aliphatic rings. The fourth-order valence-corrected chi connectivity index (χ4v) is 5.02. The number of fused-ring (bicyclic) bond motifs is 2. The fourth-order valence-electron chi connectivity index (χ4n) is 3.66. The van der Waals surface area contributed by atoms with E-state index in [0.717, 1.165) is 12.8 Å². The Morgan fingerprint density at radius 3 is 3.00 bits per heavy atom. The van der Waals surface area contributed by atoms with Gasteiger partial charge < -0.3 is 0 Å². The van der Waals surface area contributed by atoms with Crippen molar-refractivity contribution in [3.05, 3.63) is 65.7 Å². The molecule has 1 aliphatic carbocycles. The zero-order chi connectivity index (χ0) is 16.5. The maximum absolute atomic E-state index is 4.41. The van der Waals surface area contributed by atoms with Gasteiger partial charge in [-0.25, -0.2) is 0 Å². The van der Waals surface area contributed by atoms with Crippen LogP contribution in [0.3, 0.4) is 0 Å². The van der Waals surface area contributed by atoms with Gasteiger partial charge in [0.2, 0.25) is 0 Å². The number of aromatic nitrogens is 2. The molecule has 1 aromatic heterocycles. The maximum atomic E-state index is 4.41. The molecule has 0 amide bonds. The molecule has 0 radical (unpaired) electrons. The first kappa shape index (κ1) is 15.9. The number of H-pyrrole nitrogens is 1. The number of hydrogen-bond donors (Lipinski definition) is 2. The van der Waals surface area contributed by atoms with E-state index in [-0.39, 0.29) is 0 Å². The molecule has 2 aromatic carbocycles. The van der Waals surface area contributed by atoms with E-state index in [1.165, 1.54) is 38.2 Å². The van der Waals surface area contributed by atoms with Gasteiger partial charge in [0, 0.05) is 0 Å². The number of aromatic amines is 1. The normalized spacial score (nSPS) is 18.3. The van der Waals surface area contributed by atoms with Crippen molar-refractivity contribution >= 4 is 14.8 Å². The predicted octanol–water partition coefficient (Wildman–Crippen LogP) is 3.70. The van der Waals surface area contributed by atoms with Crippen LogP contribution in [0.15, 0.2) is 48.8 Å². The molecule has 1 heterocycles. The topological polar surface area (TPSA) is 40.7 Å². The van der Waals surface area contributed by atoms with E-state index in [0.29, 0.717) is 12.0 Å². The summed E-state index contributed by atoms with van der Waals surface area (Å²) < 4.78 is 1.47. The first-order chi connectivity index (χ1) is 11.7. The summed E-state index contributed by atoms with van der Waals surface area (Å²) in [7, 11) is 0. The molecule has 0 bridgehead atoms. The van der Waals surface area contributed by atoms with Crippen molar-refractivity contribution in [3.8, 4) is 0 Å². The second kappa shape index (κ2) is 6.74. The van der Waals surface area contributed by atoms with Crippen molar-refractivity contribution in [2.45, 2.75) is 32.2 Å². The number of aryl methyl sites for hydroxylation is 1. The van der Waals surface area contributed by atoms with Crippen LogP contribution in [0, 0.1) is 5.92 Å². The van der Waals surface area contributed by atoms with Gasteiger partial charge in [-0.15, -0.1) is 0 Å². The van der Waals surface area contributed by atoms with Crippen molar-refractivity contribution < 1.29 is 19.4 Å². The van der Waals surface area contributed by atoms with Gasteiger partial charge in [0.25, 0.3) is 0 Å². The average Bonchev–Trinajstić information content (AvgIpc) is 3.08. The van der Waals surface area contributed by atoms with E-state index in [1.807, 2.05) is 6.33 Å². The number of rotatable bonds is 4.